The molecule has 0 radical (unpaired) electrons. The van der Waals surface area contributed by atoms with Crippen molar-refractivity contribution in [1.29, 1.82) is 0 Å². The van der Waals surface area contributed by atoms with Crippen LogP contribution in [0.2, 0.25) is 0 Å². The van der Waals surface area contributed by atoms with Gasteiger partial charge in [-0.05, 0) is 31.6 Å². The molecule has 0 aliphatic heterocycles. The van der Waals surface area contributed by atoms with Crippen molar-refractivity contribution in [3.8, 4) is 0 Å². The molecule has 2 nitrogen and oxygen atoms in total. The molecule has 0 aromatic heterocycles. The summed E-state index contributed by atoms with van der Waals surface area (Å²) in [5, 5.41) is 0. The van der Waals surface area contributed by atoms with E-state index < -0.39 is 0 Å². The number of halogens is 1. The molecule has 68 valence electrons. The van der Waals surface area contributed by atoms with Crippen molar-refractivity contribution < 1.29 is 9.53 Å². The molecule has 2 aliphatic carbocycles. The first-order valence-electron chi connectivity index (χ1n) is 4.43. The maximum Gasteiger partial charge on any atom is 0.312 e. The normalized spacial score (nSPS) is 44.8. The number of esters is 1. The van der Waals surface area contributed by atoms with Gasteiger partial charge in [0.05, 0.1) is 12.5 Å². The fraction of sp³-hybridized carbons (Fsp3) is 0.889. The Bertz CT molecular complexity index is 207. The standard InChI is InChI=1S/C9H13BrO2/c1-12-8(11)9-4-2-6(3-5-9)7(9)10/h6-7H,2-5H2,1H3. The maximum absolute atomic E-state index is 11.6. The lowest BCUT2D eigenvalue weighted by atomic mass is 9.84. The van der Waals surface area contributed by atoms with Gasteiger partial charge in [-0.1, -0.05) is 15.9 Å². The largest absolute Gasteiger partial charge is 0.469 e. The van der Waals surface area contributed by atoms with E-state index in [0.29, 0.717) is 10.7 Å². The minimum atomic E-state index is -0.167. The van der Waals surface area contributed by atoms with Crippen LogP contribution in [-0.2, 0) is 9.53 Å². The molecular formula is C9H13BrO2. The summed E-state index contributed by atoms with van der Waals surface area (Å²) in [6.07, 6.45) is 4.40. The van der Waals surface area contributed by atoms with Crippen LogP contribution in [0.15, 0.2) is 0 Å². The van der Waals surface area contributed by atoms with E-state index in [-0.39, 0.29) is 11.4 Å². The second kappa shape index (κ2) is 2.72. The van der Waals surface area contributed by atoms with Gasteiger partial charge >= 0.3 is 5.97 Å². The Morgan fingerprint density at radius 1 is 1.50 bits per heavy atom. The molecule has 0 saturated heterocycles. The van der Waals surface area contributed by atoms with Gasteiger partial charge < -0.3 is 4.74 Å². The molecule has 12 heavy (non-hydrogen) atoms. The van der Waals surface area contributed by atoms with E-state index in [9.17, 15) is 4.79 Å². The number of rotatable bonds is 1. The summed E-state index contributed by atoms with van der Waals surface area (Å²) in [7, 11) is 1.49. The van der Waals surface area contributed by atoms with Gasteiger partial charge in [0.1, 0.15) is 0 Å². The number of ether oxygens (including phenoxy) is 1. The Morgan fingerprint density at radius 2 is 2.08 bits per heavy atom. The average Bonchev–Trinajstić information content (AvgIpc) is 2.60. The molecule has 0 aromatic rings. The van der Waals surface area contributed by atoms with Crippen LogP contribution in [0.4, 0.5) is 0 Å². The van der Waals surface area contributed by atoms with E-state index in [1.807, 2.05) is 0 Å². The van der Waals surface area contributed by atoms with E-state index >= 15 is 0 Å². The summed E-state index contributed by atoms with van der Waals surface area (Å²) in [6.45, 7) is 0. The van der Waals surface area contributed by atoms with Crippen molar-refractivity contribution in [3.05, 3.63) is 0 Å². The van der Waals surface area contributed by atoms with Crippen molar-refractivity contribution in [2.75, 3.05) is 7.11 Å². The van der Waals surface area contributed by atoms with Crippen LogP contribution >= 0.6 is 15.9 Å². The first-order chi connectivity index (χ1) is 5.70. The molecule has 2 bridgehead atoms. The van der Waals surface area contributed by atoms with Gasteiger partial charge in [-0.2, -0.15) is 0 Å². The van der Waals surface area contributed by atoms with Crippen LogP contribution in [0, 0.1) is 11.3 Å². The van der Waals surface area contributed by atoms with Crippen LogP contribution in [-0.4, -0.2) is 17.9 Å². The second-order valence-electron chi connectivity index (χ2n) is 3.89. The number of carbonyl (C=O) groups excluding carboxylic acids is 1. The molecule has 0 heterocycles. The molecule has 2 rings (SSSR count). The average molecular weight is 233 g/mol. The van der Waals surface area contributed by atoms with Crippen LogP contribution in [0.1, 0.15) is 25.7 Å². The SMILES string of the molecule is COC(=O)C12CCC(CC1)C2Br. The van der Waals surface area contributed by atoms with Crippen molar-refractivity contribution >= 4 is 21.9 Å². The quantitative estimate of drug-likeness (QED) is 0.512. The van der Waals surface area contributed by atoms with Gasteiger partial charge in [0.25, 0.3) is 0 Å². The molecule has 0 spiro atoms. The zero-order valence-electron chi connectivity index (χ0n) is 7.18. The van der Waals surface area contributed by atoms with E-state index in [1.165, 1.54) is 20.0 Å². The van der Waals surface area contributed by atoms with Crippen molar-refractivity contribution in [3.63, 3.8) is 0 Å². The van der Waals surface area contributed by atoms with E-state index in [2.05, 4.69) is 15.9 Å². The van der Waals surface area contributed by atoms with Gasteiger partial charge in [0, 0.05) is 4.83 Å². The fourth-order valence-electron chi connectivity index (χ4n) is 2.69. The Balaban J connectivity index is 2.25. The van der Waals surface area contributed by atoms with Crippen molar-refractivity contribution in [2.45, 2.75) is 30.5 Å². The first kappa shape index (κ1) is 8.54. The number of hydrogen-bond donors (Lipinski definition) is 0. The predicted octanol–water partition coefficient (Wildman–Crippen LogP) is 2.11. The summed E-state index contributed by atoms with van der Waals surface area (Å²) < 4.78 is 4.86. The third-order valence-electron chi connectivity index (χ3n) is 3.46. The van der Waals surface area contributed by atoms with Crippen LogP contribution in [0.3, 0.4) is 0 Å². The van der Waals surface area contributed by atoms with Gasteiger partial charge in [0.2, 0.25) is 0 Å². The zero-order valence-corrected chi connectivity index (χ0v) is 8.76. The molecule has 0 N–H and O–H groups in total. The lowest BCUT2D eigenvalue weighted by Crippen LogP contribution is -2.33. The van der Waals surface area contributed by atoms with Gasteiger partial charge in [-0.25, -0.2) is 0 Å². The lowest BCUT2D eigenvalue weighted by Gasteiger charge is -2.25. The number of carbonyl (C=O) groups is 1. The summed E-state index contributed by atoms with van der Waals surface area (Å²) in [4.78, 5) is 11.9. The highest BCUT2D eigenvalue weighted by atomic mass is 79.9. The molecule has 2 saturated carbocycles. The molecule has 3 heteroatoms. The Labute approximate surface area is 80.8 Å². The topological polar surface area (TPSA) is 26.3 Å². The van der Waals surface area contributed by atoms with Crippen molar-refractivity contribution in [1.82, 2.24) is 0 Å². The van der Waals surface area contributed by atoms with E-state index in [4.69, 9.17) is 4.74 Å². The van der Waals surface area contributed by atoms with Crippen LogP contribution in [0.25, 0.3) is 0 Å². The lowest BCUT2D eigenvalue weighted by molar-refractivity contribution is -0.151. The molecule has 1 atom stereocenters. The van der Waals surface area contributed by atoms with Gasteiger partial charge in [-0.3, -0.25) is 4.79 Å². The first-order valence-corrected chi connectivity index (χ1v) is 5.35. The summed E-state index contributed by atoms with van der Waals surface area (Å²) >= 11 is 3.63. The third kappa shape index (κ3) is 0.889. The zero-order chi connectivity index (χ0) is 8.77. The monoisotopic (exact) mass is 232 g/mol. The number of fused-ring (bicyclic) bond motifs is 2. The Kier molecular flexibility index (Phi) is 1.94. The number of alkyl halides is 1. The highest BCUT2D eigenvalue weighted by Gasteiger charge is 2.57. The highest BCUT2D eigenvalue weighted by Crippen LogP contribution is 2.57. The molecule has 0 amide bonds. The van der Waals surface area contributed by atoms with E-state index in [1.54, 1.807) is 0 Å². The molecule has 2 aliphatic rings. The number of methoxy groups -OCH3 is 1. The van der Waals surface area contributed by atoms with Crippen molar-refractivity contribution in [2.24, 2.45) is 11.3 Å². The van der Waals surface area contributed by atoms with Crippen LogP contribution < -0.4 is 0 Å². The van der Waals surface area contributed by atoms with Crippen LogP contribution in [0.5, 0.6) is 0 Å². The third-order valence-corrected chi connectivity index (χ3v) is 5.08. The maximum atomic E-state index is 11.6. The predicted molar refractivity (Wildman–Crippen MR) is 49.1 cm³/mol. The molecule has 1 unspecified atom stereocenters. The molecule has 0 aromatic carbocycles. The minimum absolute atomic E-state index is 0.00984. The minimum Gasteiger partial charge on any atom is -0.469 e. The van der Waals surface area contributed by atoms with Gasteiger partial charge in [-0.15, -0.1) is 0 Å². The Hall–Kier alpha value is -0.0500. The van der Waals surface area contributed by atoms with Gasteiger partial charge in [0.15, 0.2) is 0 Å². The molecule has 2 fully saturated rings. The summed E-state index contributed by atoms with van der Waals surface area (Å²) in [5.74, 6) is 0.702. The number of hydrogen-bond acceptors (Lipinski definition) is 2. The molecular weight excluding hydrogens is 220 g/mol. The summed E-state index contributed by atoms with van der Waals surface area (Å²) in [6, 6.07) is 0. The summed E-state index contributed by atoms with van der Waals surface area (Å²) in [5.41, 5.74) is -0.167. The second-order valence-corrected chi connectivity index (χ2v) is 4.87. The highest BCUT2D eigenvalue weighted by molar-refractivity contribution is 9.09. The smallest absolute Gasteiger partial charge is 0.312 e. The fourth-order valence-corrected chi connectivity index (χ4v) is 3.87. The Morgan fingerprint density at radius 3 is 2.42 bits per heavy atom. The van der Waals surface area contributed by atoms with E-state index in [0.717, 1.165) is 12.8 Å².